The standard InChI is InChI=1S/C8H8F6N2O/c1-16-4(3-6(17)8(12,13)14)2-5(15-16)7(9,10)11/h2,6,17H,3H2,1H3. The number of nitrogens with zero attached hydrogens (tertiary/aromatic N) is 2. The summed E-state index contributed by atoms with van der Waals surface area (Å²) in [6.45, 7) is 0. The number of alkyl halides is 6. The van der Waals surface area contributed by atoms with Crippen LogP contribution in [0.4, 0.5) is 26.3 Å². The molecule has 1 heterocycles. The molecule has 17 heavy (non-hydrogen) atoms. The van der Waals surface area contributed by atoms with E-state index >= 15 is 0 Å². The number of aliphatic hydroxyl groups excluding tert-OH is 1. The molecule has 0 amide bonds. The molecule has 1 rings (SSSR count). The first-order valence-electron chi connectivity index (χ1n) is 4.36. The maximum absolute atomic E-state index is 12.2. The van der Waals surface area contributed by atoms with Crippen molar-refractivity contribution >= 4 is 0 Å². The normalized spacial score (nSPS) is 15.1. The van der Waals surface area contributed by atoms with Crippen LogP contribution in [0.5, 0.6) is 0 Å². The van der Waals surface area contributed by atoms with Gasteiger partial charge in [-0.2, -0.15) is 31.4 Å². The highest BCUT2D eigenvalue weighted by molar-refractivity contribution is 5.14. The smallest absolute Gasteiger partial charge is 0.383 e. The van der Waals surface area contributed by atoms with Crippen molar-refractivity contribution in [3.8, 4) is 0 Å². The van der Waals surface area contributed by atoms with Crippen molar-refractivity contribution in [2.24, 2.45) is 7.05 Å². The number of hydrogen-bond acceptors (Lipinski definition) is 2. The van der Waals surface area contributed by atoms with Crippen LogP contribution >= 0.6 is 0 Å². The van der Waals surface area contributed by atoms with E-state index < -0.39 is 30.6 Å². The summed E-state index contributed by atoms with van der Waals surface area (Å²) in [5, 5.41) is 11.8. The summed E-state index contributed by atoms with van der Waals surface area (Å²) in [4.78, 5) is 0. The van der Waals surface area contributed by atoms with Gasteiger partial charge in [0.1, 0.15) is 0 Å². The van der Waals surface area contributed by atoms with Gasteiger partial charge in [0.05, 0.1) is 0 Å². The van der Waals surface area contributed by atoms with Crippen molar-refractivity contribution in [3.05, 3.63) is 17.5 Å². The van der Waals surface area contributed by atoms with Gasteiger partial charge in [0, 0.05) is 19.2 Å². The van der Waals surface area contributed by atoms with Crippen LogP contribution in [0, 0.1) is 0 Å². The fraction of sp³-hybridized carbons (Fsp3) is 0.625. The Hall–Kier alpha value is -1.25. The van der Waals surface area contributed by atoms with E-state index in [4.69, 9.17) is 5.11 Å². The molecule has 1 N–H and O–H groups in total. The van der Waals surface area contributed by atoms with Gasteiger partial charge in [-0.1, -0.05) is 0 Å². The van der Waals surface area contributed by atoms with E-state index in [1.165, 1.54) is 0 Å². The van der Waals surface area contributed by atoms with Crippen molar-refractivity contribution in [2.75, 3.05) is 0 Å². The van der Waals surface area contributed by atoms with Crippen molar-refractivity contribution in [3.63, 3.8) is 0 Å². The second-order valence-corrected chi connectivity index (χ2v) is 3.40. The second-order valence-electron chi connectivity index (χ2n) is 3.40. The molecule has 98 valence electrons. The average Bonchev–Trinajstić information content (AvgIpc) is 2.45. The predicted molar refractivity (Wildman–Crippen MR) is 44.0 cm³/mol. The Bertz CT molecular complexity index is 394. The maximum Gasteiger partial charge on any atom is 0.435 e. The molecule has 0 bridgehead atoms. The van der Waals surface area contributed by atoms with Gasteiger partial charge in [-0.05, 0) is 6.07 Å². The monoisotopic (exact) mass is 262 g/mol. The highest BCUT2D eigenvalue weighted by atomic mass is 19.4. The Morgan fingerprint density at radius 1 is 1.29 bits per heavy atom. The molecular weight excluding hydrogens is 254 g/mol. The SMILES string of the molecule is Cn1nc(C(F)(F)F)cc1CC(O)C(F)(F)F. The van der Waals surface area contributed by atoms with Crippen molar-refractivity contribution < 1.29 is 31.4 Å². The van der Waals surface area contributed by atoms with Crippen LogP contribution in [0.15, 0.2) is 6.07 Å². The molecule has 0 aliphatic heterocycles. The van der Waals surface area contributed by atoms with Gasteiger partial charge in [-0.15, -0.1) is 0 Å². The molecule has 0 radical (unpaired) electrons. The topological polar surface area (TPSA) is 38.0 Å². The van der Waals surface area contributed by atoms with E-state index in [0.29, 0.717) is 10.7 Å². The summed E-state index contributed by atoms with van der Waals surface area (Å²) in [6, 6.07) is 0.481. The Balaban J connectivity index is 2.90. The molecule has 0 aliphatic rings. The van der Waals surface area contributed by atoms with Crippen LogP contribution in [0.2, 0.25) is 0 Å². The van der Waals surface area contributed by atoms with E-state index in [1.807, 2.05) is 0 Å². The van der Waals surface area contributed by atoms with E-state index in [1.54, 1.807) is 0 Å². The molecule has 0 aromatic carbocycles. The Kier molecular flexibility index (Phi) is 3.42. The molecule has 0 fully saturated rings. The molecule has 0 saturated carbocycles. The quantitative estimate of drug-likeness (QED) is 0.827. The zero-order valence-corrected chi connectivity index (χ0v) is 8.47. The summed E-state index contributed by atoms with van der Waals surface area (Å²) >= 11 is 0. The largest absolute Gasteiger partial charge is 0.435 e. The lowest BCUT2D eigenvalue weighted by atomic mass is 10.2. The van der Waals surface area contributed by atoms with E-state index in [0.717, 1.165) is 7.05 Å². The average molecular weight is 262 g/mol. The number of rotatable bonds is 2. The minimum absolute atomic E-state index is 0.345. The number of aryl methyl sites for hydroxylation is 1. The van der Waals surface area contributed by atoms with Crippen LogP contribution in [0.1, 0.15) is 11.4 Å². The van der Waals surface area contributed by atoms with Crippen molar-refractivity contribution in [1.82, 2.24) is 9.78 Å². The minimum Gasteiger partial charge on any atom is -0.383 e. The van der Waals surface area contributed by atoms with Crippen LogP contribution in [-0.2, 0) is 19.6 Å². The zero-order chi connectivity index (χ0) is 13.4. The lowest BCUT2D eigenvalue weighted by molar-refractivity contribution is -0.203. The molecule has 1 unspecified atom stereocenters. The molecule has 1 aromatic heterocycles. The third kappa shape index (κ3) is 3.35. The van der Waals surface area contributed by atoms with Gasteiger partial charge in [0.25, 0.3) is 0 Å². The first-order valence-corrected chi connectivity index (χ1v) is 4.36. The van der Waals surface area contributed by atoms with Gasteiger partial charge < -0.3 is 5.11 Å². The lowest BCUT2D eigenvalue weighted by Crippen LogP contribution is -2.31. The Labute approximate surface area is 91.7 Å². The molecule has 3 nitrogen and oxygen atoms in total. The van der Waals surface area contributed by atoms with Crippen LogP contribution in [-0.4, -0.2) is 27.2 Å². The molecule has 1 aromatic rings. The first kappa shape index (κ1) is 13.8. The van der Waals surface area contributed by atoms with Crippen molar-refractivity contribution in [2.45, 2.75) is 24.9 Å². The highest BCUT2D eigenvalue weighted by Gasteiger charge is 2.40. The lowest BCUT2D eigenvalue weighted by Gasteiger charge is -2.13. The molecule has 0 saturated heterocycles. The Morgan fingerprint density at radius 2 is 1.82 bits per heavy atom. The number of halogens is 6. The third-order valence-electron chi connectivity index (χ3n) is 2.05. The summed E-state index contributed by atoms with van der Waals surface area (Å²) in [5.41, 5.74) is -1.63. The van der Waals surface area contributed by atoms with Gasteiger partial charge in [0.15, 0.2) is 11.8 Å². The second kappa shape index (κ2) is 4.21. The van der Waals surface area contributed by atoms with Gasteiger partial charge in [-0.25, -0.2) is 0 Å². The fourth-order valence-corrected chi connectivity index (χ4v) is 1.15. The highest BCUT2D eigenvalue weighted by Crippen LogP contribution is 2.29. The summed E-state index contributed by atoms with van der Waals surface area (Å²) < 4.78 is 73.3. The molecule has 1 atom stereocenters. The maximum atomic E-state index is 12.2. The van der Waals surface area contributed by atoms with Crippen molar-refractivity contribution in [1.29, 1.82) is 0 Å². The predicted octanol–water partition coefficient (Wildman–Crippen LogP) is 1.90. The number of hydrogen-bond donors (Lipinski definition) is 1. The van der Waals surface area contributed by atoms with Gasteiger partial charge >= 0.3 is 12.4 Å². The van der Waals surface area contributed by atoms with Gasteiger partial charge in [0.2, 0.25) is 0 Å². The van der Waals surface area contributed by atoms with Crippen LogP contribution < -0.4 is 0 Å². The number of aliphatic hydroxyl groups is 1. The third-order valence-corrected chi connectivity index (χ3v) is 2.05. The minimum atomic E-state index is -4.87. The summed E-state index contributed by atoms with van der Waals surface area (Å²) in [5.74, 6) is 0. The molecular formula is C8H8F6N2O. The summed E-state index contributed by atoms with van der Waals surface area (Å²) in [7, 11) is 1.08. The summed E-state index contributed by atoms with van der Waals surface area (Å²) in [6.07, 6.45) is -13.3. The fourth-order valence-electron chi connectivity index (χ4n) is 1.15. The van der Waals surface area contributed by atoms with E-state index in [2.05, 4.69) is 5.10 Å². The first-order chi connectivity index (χ1) is 7.51. The van der Waals surface area contributed by atoms with Crippen LogP contribution in [0.3, 0.4) is 0 Å². The zero-order valence-electron chi connectivity index (χ0n) is 8.47. The molecule has 9 heteroatoms. The molecule has 0 aliphatic carbocycles. The van der Waals surface area contributed by atoms with Gasteiger partial charge in [-0.3, -0.25) is 4.68 Å². The van der Waals surface area contributed by atoms with E-state index in [-0.39, 0.29) is 5.69 Å². The molecule has 0 spiro atoms. The van der Waals surface area contributed by atoms with Crippen LogP contribution in [0.25, 0.3) is 0 Å². The number of aromatic nitrogens is 2. The Morgan fingerprint density at radius 3 is 2.18 bits per heavy atom. The van der Waals surface area contributed by atoms with E-state index in [9.17, 15) is 26.3 Å².